The monoisotopic (exact) mass is 518 g/mol. The molecule has 2 aliphatic rings. The summed E-state index contributed by atoms with van der Waals surface area (Å²) < 4.78 is 7.39. The van der Waals surface area contributed by atoms with Crippen LogP contribution in [-0.2, 0) is 11.3 Å². The SMILES string of the molecule is Cc1cccc(-c2ccn(-c3nc(N4CCOCC4)c4nc(CN5CCC(N(C)C)CC5)sc4n3)n2)c1. The molecule has 0 amide bonds. The minimum Gasteiger partial charge on any atom is -0.378 e. The molecule has 0 N–H and O–H groups in total. The molecule has 0 atom stereocenters. The van der Waals surface area contributed by atoms with Crippen LogP contribution in [0.2, 0.25) is 0 Å². The first-order chi connectivity index (χ1) is 18.0. The molecule has 0 bridgehead atoms. The number of hydrogen-bond acceptors (Lipinski definition) is 9. The van der Waals surface area contributed by atoms with Crippen LogP contribution in [0.25, 0.3) is 27.6 Å². The second-order valence-electron chi connectivity index (χ2n) is 10.2. The van der Waals surface area contributed by atoms with Gasteiger partial charge < -0.3 is 14.5 Å². The Hall–Kier alpha value is -2.92. The molecule has 5 heterocycles. The molecule has 0 radical (unpaired) electrons. The van der Waals surface area contributed by atoms with Gasteiger partial charge >= 0.3 is 0 Å². The lowest BCUT2D eigenvalue weighted by Crippen LogP contribution is -2.41. The van der Waals surface area contributed by atoms with E-state index >= 15 is 0 Å². The van der Waals surface area contributed by atoms with Crippen molar-refractivity contribution < 1.29 is 4.74 Å². The molecule has 37 heavy (non-hydrogen) atoms. The third kappa shape index (κ3) is 5.24. The van der Waals surface area contributed by atoms with Gasteiger partial charge in [0.25, 0.3) is 5.95 Å². The number of piperidine rings is 1. The number of morpholine rings is 1. The molecular weight excluding hydrogens is 484 g/mol. The molecule has 0 spiro atoms. The van der Waals surface area contributed by atoms with Crippen molar-refractivity contribution in [1.82, 2.24) is 34.5 Å². The maximum absolute atomic E-state index is 5.61. The largest absolute Gasteiger partial charge is 0.378 e. The highest BCUT2D eigenvalue weighted by atomic mass is 32.1. The quantitative estimate of drug-likeness (QED) is 0.383. The maximum Gasteiger partial charge on any atom is 0.254 e. The van der Waals surface area contributed by atoms with E-state index in [2.05, 4.69) is 60.0 Å². The van der Waals surface area contributed by atoms with Crippen molar-refractivity contribution in [1.29, 1.82) is 0 Å². The zero-order chi connectivity index (χ0) is 25.4. The van der Waals surface area contributed by atoms with Gasteiger partial charge in [-0.3, -0.25) is 4.90 Å². The predicted octanol–water partition coefficient (Wildman–Crippen LogP) is 3.61. The van der Waals surface area contributed by atoms with E-state index < -0.39 is 0 Å². The Labute approximate surface area is 221 Å². The van der Waals surface area contributed by atoms with Gasteiger partial charge in [-0.2, -0.15) is 15.1 Å². The number of ether oxygens (including phenoxy) is 1. The molecule has 0 aliphatic carbocycles. The number of hydrogen-bond donors (Lipinski definition) is 0. The minimum atomic E-state index is 0.579. The molecule has 9 nitrogen and oxygen atoms in total. The van der Waals surface area contributed by atoms with Crippen LogP contribution in [0.3, 0.4) is 0 Å². The number of aryl methyl sites for hydroxylation is 1. The summed E-state index contributed by atoms with van der Waals surface area (Å²) in [7, 11) is 4.36. The lowest BCUT2D eigenvalue weighted by molar-refractivity contribution is 0.122. The highest BCUT2D eigenvalue weighted by Crippen LogP contribution is 2.31. The Morgan fingerprint density at radius 3 is 2.59 bits per heavy atom. The minimum absolute atomic E-state index is 0.579. The lowest BCUT2D eigenvalue weighted by atomic mass is 10.0. The summed E-state index contributed by atoms with van der Waals surface area (Å²) in [5.41, 5.74) is 4.10. The smallest absolute Gasteiger partial charge is 0.254 e. The van der Waals surface area contributed by atoms with Gasteiger partial charge in [0.2, 0.25) is 0 Å². The number of aromatic nitrogens is 5. The normalized spacial score (nSPS) is 17.8. The summed E-state index contributed by atoms with van der Waals surface area (Å²) >= 11 is 1.68. The Kier molecular flexibility index (Phi) is 6.90. The van der Waals surface area contributed by atoms with Gasteiger partial charge in [0.15, 0.2) is 10.6 Å². The Balaban J connectivity index is 1.32. The lowest BCUT2D eigenvalue weighted by Gasteiger charge is -2.34. The van der Waals surface area contributed by atoms with Crippen molar-refractivity contribution in [3.63, 3.8) is 0 Å². The number of likely N-dealkylation sites (tertiary alicyclic amines) is 1. The zero-order valence-electron chi connectivity index (χ0n) is 21.8. The van der Waals surface area contributed by atoms with Crippen molar-refractivity contribution in [3.05, 3.63) is 47.1 Å². The molecule has 10 heteroatoms. The van der Waals surface area contributed by atoms with Crippen LogP contribution in [0.4, 0.5) is 5.82 Å². The average Bonchev–Trinajstić information content (AvgIpc) is 3.56. The number of rotatable bonds is 6. The summed E-state index contributed by atoms with van der Waals surface area (Å²) in [6.07, 6.45) is 4.34. The number of fused-ring (bicyclic) bond motifs is 1. The average molecular weight is 519 g/mol. The van der Waals surface area contributed by atoms with Crippen LogP contribution < -0.4 is 4.90 Å². The molecular formula is C27H34N8OS. The summed E-state index contributed by atoms with van der Waals surface area (Å²) in [6, 6.07) is 11.1. The fourth-order valence-corrected chi connectivity index (χ4v) is 6.15. The van der Waals surface area contributed by atoms with E-state index in [4.69, 9.17) is 24.8 Å². The molecule has 2 saturated heterocycles. The summed E-state index contributed by atoms with van der Waals surface area (Å²) in [6.45, 7) is 8.13. The van der Waals surface area contributed by atoms with E-state index in [1.165, 1.54) is 18.4 Å². The van der Waals surface area contributed by atoms with Crippen LogP contribution >= 0.6 is 11.3 Å². The first kappa shape index (κ1) is 24.4. The van der Waals surface area contributed by atoms with Crippen molar-refractivity contribution in [2.75, 3.05) is 58.4 Å². The second kappa shape index (κ2) is 10.4. The van der Waals surface area contributed by atoms with Gasteiger partial charge in [0.1, 0.15) is 10.5 Å². The summed E-state index contributed by atoms with van der Waals surface area (Å²) in [5, 5.41) is 5.92. The maximum atomic E-state index is 5.61. The summed E-state index contributed by atoms with van der Waals surface area (Å²) in [5.74, 6) is 1.46. The Bertz CT molecular complexity index is 1370. The molecule has 4 aromatic rings. The van der Waals surface area contributed by atoms with E-state index in [0.717, 1.165) is 65.2 Å². The van der Waals surface area contributed by atoms with Crippen LogP contribution in [0.5, 0.6) is 0 Å². The van der Waals surface area contributed by atoms with Gasteiger partial charge in [0.05, 0.1) is 25.5 Å². The Morgan fingerprint density at radius 2 is 1.84 bits per heavy atom. The highest BCUT2D eigenvalue weighted by Gasteiger charge is 2.24. The molecule has 0 unspecified atom stereocenters. The second-order valence-corrected chi connectivity index (χ2v) is 11.3. The van der Waals surface area contributed by atoms with Crippen LogP contribution in [0.1, 0.15) is 23.4 Å². The third-order valence-electron chi connectivity index (χ3n) is 7.34. The van der Waals surface area contributed by atoms with E-state index in [-0.39, 0.29) is 0 Å². The van der Waals surface area contributed by atoms with Gasteiger partial charge in [-0.1, -0.05) is 35.1 Å². The van der Waals surface area contributed by atoms with Crippen molar-refractivity contribution in [2.24, 2.45) is 0 Å². The van der Waals surface area contributed by atoms with E-state index in [1.807, 2.05) is 12.3 Å². The van der Waals surface area contributed by atoms with Crippen molar-refractivity contribution in [3.8, 4) is 17.2 Å². The van der Waals surface area contributed by atoms with Gasteiger partial charge in [0, 0.05) is 44.0 Å². The standard InChI is InChI=1S/C27H34N8OS/c1-19-5-4-6-20(17-19)22-9-12-35(31-22)27-29-25(34-13-15-36-16-14-34)24-26(30-27)37-23(28-24)18-33-10-7-21(8-11-33)32(2)3/h4-6,9,12,17,21H,7-8,10-11,13-16,18H2,1-3H3. The molecule has 1 aromatic carbocycles. The molecule has 3 aromatic heterocycles. The highest BCUT2D eigenvalue weighted by molar-refractivity contribution is 7.18. The number of thiazole rings is 1. The van der Waals surface area contributed by atoms with E-state index in [0.29, 0.717) is 25.2 Å². The van der Waals surface area contributed by atoms with Crippen LogP contribution in [-0.4, -0.2) is 94.1 Å². The molecule has 2 fully saturated rings. The fourth-order valence-electron chi connectivity index (χ4n) is 5.18. The van der Waals surface area contributed by atoms with Gasteiger partial charge in [-0.05, 0) is 46.0 Å². The topological polar surface area (TPSA) is 75.4 Å². The molecule has 194 valence electrons. The summed E-state index contributed by atoms with van der Waals surface area (Å²) in [4.78, 5) is 23.0. The van der Waals surface area contributed by atoms with Gasteiger partial charge in [-0.15, -0.1) is 0 Å². The van der Waals surface area contributed by atoms with Crippen molar-refractivity contribution >= 4 is 27.5 Å². The number of benzene rings is 1. The van der Waals surface area contributed by atoms with E-state index in [1.54, 1.807) is 16.0 Å². The van der Waals surface area contributed by atoms with Crippen LogP contribution in [0, 0.1) is 6.92 Å². The number of anilines is 1. The first-order valence-corrected chi connectivity index (χ1v) is 13.9. The number of nitrogens with zero attached hydrogens (tertiary/aromatic N) is 8. The van der Waals surface area contributed by atoms with Crippen molar-refractivity contribution in [2.45, 2.75) is 32.4 Å². The third-order valence-corrected chi connectivity index (χ3v) is 8.27. The van der Waals surface area contributed by atoms with Crippen LogP contribution in [0.15, 0.2) is 36.5 Å². The Morgan fingerprint density at radius 1 is 1.03 bits per heavy atom. The fraction of sp³-hybridized carbons (Fsp3) is 0.481. The van der Waals surface area contributed by atoms with E-state index in [9.17, 15) is 0 Å². The predicted molar refractivity (Wildman–Crippen MR) is 148 cm³/mol. The first-order valence-electron chi connectivity index (χ1n) is 13.1. The molecule has 0 saturated carbocycles. The zero-order valence-corrected chi connectivity index (χ0v) is 22.6. The molecule has 6 rings (SSSR count). The van der Waals surface area contributed by atoms with Gasteiger partial charge in [-0.25, -0.2) is 9.67 Å². The molecule has 2 aliphatic heterocycles.